The molecule has 0 spiro atoms. The summed E-state index contributed by atoms with van der Waals surface area (Å²) in [7, 11) is 4.12. The summed E-state index contributed by atoms with van der Waals surface area (Å²) in [4.78, 5) is 6.92. The quantitative estimate of drug-likeness (QED) is 0.770. The molecular formula is C19H25N3. The topological polar surface area (TPSA) is 20.5 Å². The minimum atomic E-state index is 0.521. The molecule has 0 atom stereocenters. The van der Waals surface area contributed by atoms with Crippen LogP contribution in [0.4, 0.5) is 5.69 Å². The third-order valence-electron chi connectivity index (χ3n) is 4.42. The molecular weight excluding hydrogens is 270 g/mol. The molecule has 1 aromatic carbocycles. The van der Waals surface area contributed by atoms with E-state index in [0.29, 0.717) is 6.04 Å². The van der Waals surface area contributed by atoms with Crippen LogP contribution in [-0.2, 0) is 0 Å². The smallest absolute Gasteiger partial charge is 0.0634 e. The van der Waals surface area contributed by atoms with Crippen molar-refractivity contribution in [2.24, 2.45) is 4.99 Å². The second-order valence-corrected chi connectivity index (χ2v) is 6.28. The number of hydrogen-bond acceptors (Lipinski definition) is 2. The molecule has 0 amide bonds. The highest BCUT2D eigenvalue weighted by Crippen LogP contribution is 2.21. The summed E-state index contributed by atoms with van der Waals surface area (Å²) in [5, 5.41) is 0. The fourth-order valence-corrected chi connectivity index (χ4v) is 3.06. The van der Waals surface area contributed by atoms with Crippen LogP contribution in [0.5, 0.6) is 0 Å². The summed E-state index contributed by atoms with van der Waals surface area (Å²) in [6.07, 6.45) is 10.7. The van der Waals surface area contributed by atoms with Gasteiger partial charge in [0.05, 0.1) is 11.7 Å². The monoisotopic (exact) mass is 295 g/mol. The molecule has 0 saturated heterocycles. The van der Waals surface area contributed by atoms with Crippen LogP contribution in [0.15, 0.2) is 47.6 Å². The maximum absolute atomic E-state index is 4.80. The Labute approximate surface area is 133 Å². The maximum atomic E-state index is 4.80. The number of aliphatic imine (C=N–C) groups is 1. The molecule has 3 nitrogen and oxygen atoms in total. The minimum absolute atomic E-state index is 0.521. The molecule has 0 aliphatic heterocycles. The molecule has 0 unspecified atom stereocenters. The van der Waals surface area contributed by atoms with Crippen LogP contribution >= 0.6 is 0 Å². The van der Waals surface area contributed by atoms with E-state index in [1.165, 1.54) is 43.5 Å². The minimum Gasteiger partial charge on any atom is -0.378 e. The first-order chi connectivity index (χ1) is 10.7. The Balaban J connectivity index is 1.77. The first-order valence-corrected chi connectivity index (χ1v) is 8.22. The van der Waals surface area contributed by atoms with Gasteiger partial charge in [-0.2, -0.15) is 0 Å². The van der Waals surface area contributed by atoms with E-state index < -0.39 is 0 Å². The zero-order chi connectivity index (χ0) is 15.4. The van der Waals surface area contributed by atoms with Crippen LogP contribution in [0.25, 0.3) is 5.69 Å². The predicted molar refractivity (Wildman–Crippen MR) is 94.6 cm³/mol. The molecule has 0 N–H and O–H groups in total. The molecule has 1 aromatic heterocycles. The summed E-state index contributed by atoms with van der Waals surface area (Å²) in [6, 6.07) is 13.4. The zero-order valence-corrected chi connectivity index (χ0v) is 13.6. The van der Waals surface area contributed by atoms with Gasteiger partial charge in [-0.1, -0.05) is 19.3 Å². The van der Waals surface area contributed by atoms with Gasteiger partial charge in [-0.3, -0.25) is 4.99 Å². The number of hydrogen-bond donors (Lipinski definition) is 0. The molecule has 3 rings (SSSR count). The molecule has 1 fully saturated rings. The van der Waals surface area contributed by atoms with Crippen molar-refractivity contribution in [1.29, 1.82) is 0 Å². The van der Waals surface area contributed by atoms with Crippen LogP contribution in [0.2, 0.25) is 0 Å². The van der Waals surface area contributed by atoms with E-state index in [4.69, 9.17) is 4.99 Å². The van der Waals surface area contributed by atoms with Crippen molar-refractivity contribution in [2.45, 2.75) is 38.1 Å². The average Bonchev–Trinajstić information content (AvgIpc) is 3.02. The second-order valence-electron chi connectivity index (χ2n) is 6.28. The summed E-state index contributed by atoms with van der Waals surface area (Å²) < 4.78 is 2.20. The fourth-order valence-electron chi connectivity index (χ4n) is 3.06. The SMILES string of the molecule is CN(C)c1ccc(-n2cccc2C=NC2CCCCC2)cc1. The van der Waals surface area contributed by atoms with Gasteiger partial charge in [-0.05, 0) is 49.2 Å². The standard InChI is InChI=1S/C19H25N3/c1-21(2)17-10-12-18(13-11-17)22-14-6-9-19(22)15-20-16-7-4-3-5-8-16/h6,9-16H,3-5,7-8H2,1-2H3. The lowest BCUT2D eigenvalue weighted by molar-refractivity contribution is 0.444. The molecule has 22 heavy (non-hydrogen) atoms. The van der Waals surface area contributed by atoms with Crippen molar-refractivity contribution in [1.82, 2.24) is 4.57 Å². The maximum Gasteiger partial charge on any atom is 0.0634 e. The first-order valence-electron chi connectivity index (χ1n) is 8.22. The number of benzene rings is 1. The van der Waals surface area contributed by atoms with E-state index in [9.17, 15) is 0 Å². The highest BCUT2D eigenvalue weighted by molar-refractivity contribution is 5.79. The third kappa shape index (κ3) is 3.41. The summed E-state index contributed by atoms with van der Waals surface area (Å²) >= 11 is 0. The van der Waals surface area contributed by atoms with Crippen LogP contribution < -0.4 is 4.90 Å². The molecule has 1 heterocycles. The van der Waals surface area contributed by atoms with Crippen molar-refractivity contribution in [3.8, 4) is 5.69 Å². The van der Waals surface area contributed by atoms with Crippen LogP contribution in [-0.4, -0.2) is 30.9 Å². The average molecular weight is 295 g/mol. The molecule has 1 saturated carbocycles. The Bertz CT molecular complexity index is 616. The van der Waals surface area contributed by atoms with E-state index >= 15 is 0 Å². The van der Waals surface area contributed by atoms with Gasteiger partial charge in [-0.15, -0.1) is 0 Å². The van der Waals surface area contributed by atoms with Crippen molar-refractivity contribution >= 4 is 11.9 Å². The molecule has 3 heteroatoms. The first kappa shape index (κ1) is 14.9. The third-order valence-corrected chi connectivity index (χ3v) is 4.42. The van der Waals surface area contributed by atoms with Crippen molar-refractivity contribution in [3.63, 3.8) is 0 Å². The molecule has 116 valence electrons. The Morgan fingerprint density at radius 2 is 1.77 bits per heavy atom. The molecule has 0 radical (unpaired) electrons. The van der Waals surface area contributed by atoms with Gasteiger partial charge in [0.15, 0.2) is 0 Å². The predicted octanol–water partition coefficient (Wildman–Crippen LogP) is 4.29. The highest BCUT2D eigenvalue weighted by atomic mass is 15.1. The van der Waals surface area contributed by atoms with Gasteiger partial charge in [0.1, 0.15) is 0 Å². The number of rotatable bonds is 4. The molecule has 0 bridgehead atoms. The number of nitrogens with zero attached hydrogens (tertiary/aromatic N) is 3. The number of aromatic nitrogens is 1. The summed E-state index contributed by atoms with van der Waals surface area (Å²) in [5.41, 5.74) is 3.55. The van der Waals surface area contributed by atoms with Crippen molar-refractivity contribution in [2.75, 3.05) is 19.0 Å². The van der Waals surface area contributed by atoms with E-state index in [-0.39, 0.29) is 0 Å². The van der Waals surface area contributed by atoms with Gasteiger partial charge in [0.2, 0.25) is 0 Å². The van der Waals surface area contributed by atoms with Crippen molar-refractivity contribution < 1.29 is 0 Å². The summed E-state index contributed by atoms with van der Waals surface area (Å²) in [5.74, 6) is 0. The van der Waals surface area contributed by atoms with E-state index in [1.807, 2.05) is 0 Å². The molecule has 1 aliphatic carbocycles. The largest absolute Gasteiger partial charge is 0.378 e. The zero-order valence-electron chi connectivity index (χ0n) is 13.6. The normalized spacial score (nSPS) is 16.3. The summed E-state index contributed by atoms with van der Waals surface area (Å²) in [6.45, 7) is 0. The van der Waals surface area contributed by atoms with Crippen LogP contribution in [0.1, 0.15) is 37.8 Å². The second kappa shape index (κ2) is 6.82. The Kier molecular flexibility index (Phi) is 4.62. The highest BCUT2D eigenvalue weighted by Gasteiger charge is 2.11. The fraction of sp³-hybridized carbons (Fsp3) is 0.421. The van der Waals surface area contributed by atoms with E-state index in [0.717, 1.165) is 5.69 Å². The molecule has 2 aromatic rings. The lowest BCUT2D eigenvalue weighted by atomic mass is 9.96. The van der Waals surface area contributed by atoms with E-state index in [1.54, 1.807) is 0 Å². The van der Waals surface area contributed by atoms with Gasteiger partial charge < -0.3 is 9.47 Å². The Morgan fingerprint density at radius 1 is 1.05 bits per heavy atom. The van der Waals surface area contributed by atoms with Gasteiger partial charge >= 0.3 is 0 Å². The Morgan fingerprint density at radius 3 is 2.45 bits per heavy atom. The Hall–Kier alpha value is -2.03. The van der Waals surface area contributed by atoms with E-state index in [2.05, 4.69) is 72.4 Å². The van der Waals surface area contributed by atoms with Gasteiger partial charge in [0, 0.05) is 37.9 Å². The van der Waals surface area contributed by atoms with Crippen LogP contribution in [0.3, 0.4) is 0 Å². The van der Waals surface area contributed by atoms with Gasteiger partial charge in [0.25, 0.3) is 0 Å². The lowest BCUT2D eigenvalue weighted by Crippen LogP contribution is -2.10. The number of anilines is 1. The van der Waals surface area contributed by atoms with Crippen LogP contribution in [0, 0.1) is 0 Å². The molecule has 1 aliphatic rings. The van der Waals surface area contributed by atoms with Crippen molar-refractivity contribution in [3.05, 3.63) is 48.3 Å². The van der Waals surface area contributed by atoms with Gasteiger partial charge in [-0.25, -0.2) is 0 Å². The lowest BCUT2D eigenvalue weighted by Gasteiger charge is -2.17.